The molecule has 0 radical (unpaired) electrons. The lowest BCUT2D eigenvalue weighted by atomic mass is 10.0. The average Bonchev–Trinajstić information content (AvgIpc) is 3.28. The Morgan fingerprint density at radius 2 is 1.94 bits per heavy atom. The van der Waals surface area contributed by atoms with E-state index in [9.17, 15) is 0 Å². The second kappa shape index (κ2) is 14.3. The lowest BCUT2D eigenvalue weighted by Crippen LogP contribution is -2.42. The number of aromatic nitrogens is 3. The van der Waals surface area contributed by atoms with Gasteiger partial charge in [-0.15, -0.1) is 34.2 Å². The zero-order valence-corrected chi connectivity index (χ0v) is 21.6. The number of aliphatic imine (C=N–C) groups is 1. The van der Waals surface area contributed by atoms with Crippen LogP contribution in [0.4, 0.5) is 0 Å². The van der Waals surface area contributed by atoms with Crippen LogP contribution in [0.3, 0.4) is 0 Å². The number of methoxy groups -OCH3 is 1. The minimum atomic E-state index is 0. The largest absolute Gasteiger partial charge is 0.497 e. The second-order valence-electron chi connectivity index (χ2n) is 7.38. The van der Waals surface area contributed by atoms with Gasteiger partial charge in [-0.2, -0.15) is 0 Å². The van der Waals surface area contributed by atoms with Crippen molar-refractivity contribution in [2.45, 2.75) is 32.9 Å². The highest BCUT2D eigenvalue weighted by Crippen LogP contribution is 2.24. The molecule has 178 valence electrons. The molecule has 10 heteroatoms. The van der Waals surface area contributed by atoms with Crippen molar-refractivity contribution in [3.05, 3.63) is 42.0 Å². The Labute approximate surface area is 208 Å². The third-order valence-corrected chi connectivity index (χ3v) is 5.41. The van der Waals surface area contributed by atoms with E-state index in [4.69, 9.17) is 14.5 Å². The molecule has 0 amide bonds. The van der Waals surface area contributed by atoms with Crippen molar-refractivity contribution >= 4 is 29.9 Å². The molecule has 1 unspecified atom stereocenters. The molecule has 3 rings (SSSR count). The number of rotatable bonds is 10. The maximum atomic E-state index is 5.56. The van der Waals surface area contributed by atoms with Gasteiger partial charge in [-0.05, 0) is 24.6 Å². The number of nitrogens with zero attached hydrogens (tertiary/aromatic N) is 5. The van der Waals surface area contributed by atoms with Crippen LogP contribution < -0.4 is 15.4 Å². The van der Waals surface area contributed by atoms with Crippen molar-refractivity contribution in [2.75, 3.05) is 53.0 Å². The van der Waals surface area contributed by atoms with Crippen LogP contribution in [0, 0.1) is 0 Å². The fourth-order valence-electron chi connectivity index (χ4n) is 3.70. The Kier molecular flexibility index (Phi) is 11.7. The van der Waals surface area contributed by atoms with Gasteiger partial charge < -0.3 is 24.7 Å². The molecular formula is C22H36IN7O2. The molecule has 2 heterocycles. The van der Waals surface area contributed by atoms with Gasteiger partial charge in [0.1, 0.15) is 17.9 Å². The number of ether oxygens (including phenoxy) is 2. The molecule has 0 bridgehead atoms. The highest BCUT2D eigenvalue weighted by Gasteiger charge is 2.22. The first kappa shape index (κ1) is 26.3. The molecule has 1 fully saturated rings. The first-order chi connectivity index (χ1) is 15.2. The van der Waals surface area contributed by atoms with Gasteiger partial charge in [0.2, 0.25) is 0 Å². The summed E-state index contributed by atoms with van der Waals surface area (Å²) in [6.07, 6.45) is 2.65. The first-order valence-electron chi connectivity index (χ1n) is 11.1. The molecule has 1 aromatic heterocycles. The van der Waals surface area contributed by atoms with Crippen molar-refractivity contribution < 1.29 is 9.47 Å². The molecule has 1 aliphatic heterocycles. The standard InChI is InChI=1S/C22H35N7O2.HI/c1-4-21-27-26-17-29(21)11-10-24-22(23-5-2)25-16-20(28-12-14-31-15-13-28)18-6-8-19(30-3)9-7-18;/h6-9,17,20H,4-5,10-16H2,1-3H3,(H2,23,24,25);1H. The number of hydrogen-bond acceptors (Lipinski definition) is 6. The molecular weight excluding hydrogens is 521 g/mol. The maximum absolute atomic E-state index is 5.56. The quantitative estimate of drug-likeness (QED) is 0.263. The van der Waals surface area contributed by atoms with Crippen LogP contribution in [0.25, 0.3) is 0 Å². The highest BCUT2D eigenvalue weighted by molar-refractivity contribution is 14.0. The summed E-state index contributed by atoms with van der Waals surface area (Å²) in [5.41, 5.74) is 1.24. The number of aryl methyl sites for hydroxylation is 1. The van der Waals surface area contributed by atoms with E-state index < -0.39 is 0 Å². The normalized spacial score (nSPS) is 15.7. The Morgan fingerprint density at radius 1 is 1.19 bits per heavy atom. The number of nitrogens with one attached hydrogen (secondary N) is 2. The summed E-state index contributed by atoms with van der Waals surface area (Å²) in [7, 11) is 1.69. The van der Waals surface area contributed by atoms with Crippen LogP contribution in [0.1, 0.15) is 31.3 Å². The lowest BCUT2D eigenvalue weighted by Gasteiger charge is -2.34. The first-order valence-corrected chi connectivity index (χ1v) is 11.1. The van der Waals surface area contributed by atoms with Gasteiger partial charge in [0.05, 0.1) is 32.9 Å². The summed E-state index contributed by atoms with van der Waals surface area (Å²) in [5.74, 6) is 2.68. The maximum Gasteiger partial charge on any atom is 0.191 e. The van der Waals surface area contributed by atoms with E-state index in [0.29, 0.717) is 6.54 Å². The zero-order valence-electron chi connectivity index (χ0n) is 19.3. The Bertz CT molecular complexity index is 807. The van der Waals surface area contributed by atoms with Gasteiger partial charge in [-0.3, -0.25) is 9.89 Å². The molecule has 32 heavy (non-hydrogen) atoms. The van der Waals surface area contributed by atoms with Gasteiger partial charge in [0, 0.05) is 39.1 Å². The van der Waals surface area contributed by atoms with E-state index >= 15 is 0 Å². The SMILES string of the molecule is CCNC(=NCC(c1ccc(OC)cc1)N1CCOCC1)NCCn1cnnc1CC.I. The fourth-order valence-corrected chi connectivity index (χ4v) is 3.70. The van der Waals surface area contributed by atoms with E-state index in [0.717, 1.165) is 69.9 Å². The van der Waals surface area contributed by atoms with Crippen molar-refractivity contribution in [2.24, 2.45) is 4.99 Å². The zero-order chi connectivity index (χ0) is 21.9. The van der Waals surface area contributed by atoms with Crippen LogP contribution >= 0.6 is 24.0 Å². The summed E-state index contributed by atoms with van der Waals surface area (Å²) in [6.45, 7) is 10.5. The summed E-state index contributed by atoms with van der Waals surface area (Å²) in [6, 6.07) is 8.48. The topological polar surface area (TPSA) is 88.8 Å². The van der Waals surface area contributed by atoms with Crippen LogP contribution in [0.15, 0.2) is 35.6 Å². The third kappa shape index (κ3) is 7.59. The van der Waals surface area contributed by atoms with E-state index in [1.807, 2.05) is 12.1 Å². The van der Waals surface area contributed by atoms with Crippen LogP contribution in [0.5, 0.6) is 5.75 Å². The summed E-state index contributed by atoms with van der Waals surface area (Å²) >= 11 is 0. The number of guanidine groups is 1. The van der Waals surface area contributed by atoms with Crippen molar-refractivity contribution in [1.82, 2.24) is 30.3 Å². The van der Waals surface area contributed by atoms with Crippen LogP contribution in [0.2, 0.25) is 0 Å². The predicted octanol–water partition coefficient (Wildman–Crippen LogP) is 2.10. The van der Waals surface area contributed by atoms with Gasteiger partial charge in [-0.25, -0.2) is 0 Å². The molecule has 0 aliphatic carbocycles. The predicted molar refractivity (Wildman–Crippen MR) is 137 cm³/mol. The average molecular weight is 557 g/mol. The lowest BCUT2D eigenvalue weighted by molar-refractivity contribution is 0.0179. The smallest absolute Gasteiger partial charge is 0.191 e. The summed E-state index contributed by atoms with van der Waals surface area (Å²) in [4.78, 5) is 7.36. The van der Waals surface area contributed by atoms with Gasteiger partial charge in [0.25, 0.3) is 0 Å². The van der Waals surface area contributed by atoms with Gasteiger partial charge in [-0.1, -0.05) is 19.1 Å². The number of hydrogen-bond donors (Lipinski definition) is 2. The van der Waals surface area contributed by atoms with E-state index in [-0.39, 0.29) is 30.0 Å². The summed E-state index contributed by atoms with van der Waals surface area (Å²) in [5, 5.41) is 14.9. The van der Waals surface area contributed by atoms with Crippen LogP contribution in [-0.4, -0.2) is 78.7 Å². The Morgan fingerprint density at radius 3 is 2.59 bits per heavy atom. The second-order valence-corrected chi connectivity index (χ2v) is 7.38. The monoisotopic (exact) mass is 557 g/mol. The fraction of sp³-hybridized carbons (Fsp3) is 0.591. The Hall–Kier alpha value is -1.92. The molecule has 1 aromatic carbocycles. The third-order valence-electron chi connectivity index (χ3n) is 5.41. The molecule has 0 spiro atoms. The van der Waals surface area contributed by atoms with E-state index in [1.54, 1.807) is 13.4 Å². The highest BCUT2D eigenvalue weighted by atomic mass is 127. The molecule has 2 N–H and O–H groups in total. The Balaban J connectivity index is 0.00000363. The minimum Gasteiger partial charge on any atom is -0.497 e. The molecule has 1 atom stereocenters. The minimum absolute atomic E-state index is 0. The van der Waals surface area contributed by atoms with E-state index in [1.165, 1.54) is 5.56 Å². The van der Waals surface area contributed by atoms with E-state index in [2.05, 4.69) is 56.3 Å². The number of halogens is 1. The van der Waals surface area contributed by atoms with Gasteiger partial charge >= 0.3 is 0 Å². The molecule has 9 nitrogen and oxygen atoms in total. The molecule has 0 saturated carbocycles. The number of benzene rings is 1. The van der Waals surface area contributed by atoms with Gasteiger partial charge in [0.15, 0.2) is 5.96 Å². The van der Waals surface area contributed by atoms with Crippen LogP contribution in [-0.2, 0) is 17.7 Å². The molecule has 1 aliphatic rings. The van der Waals surface area contributed by atoms with Crippen molar-refractivity contribution in [3.8, 4) is 5.75 Å². The number of morpholine rings is 1. The summed E-state index contributed by atoms with van der Waals surface area (Å²) < 4.78 is 13.0. The van der Waals surface area contributed by atoms with Crippen molar-refractivity contribution in [3.63, 3.8) is 0 Å². The molecule has 1 saturated heterocycles. The van der Waals surface area contributed by atoms with Crippen molar-refractivity contribution in [1.29, 1.82) is 0 Å². The molecule has 2 aromatic rings.